The first kappa shape index (κ1) is 12.4. The van der Waals surface area contributed by atoms with Gasteiger partial charge in [-0.2, -0.15) is 0 Å². The molecule has 1 heterocycles. The van der Waals surface area contributed by atoms with E-state index in [0.29, 0.717) is 22.7 Å². The summed E-state index contributed by atoms with van der Waals surface area (Å²) in [6, 6.07) is 3.71. The molecule has 0 saturated heterocycles. The standard InChI is InChI=1S/C13H17ClN2O/c1-8-6-11(7-12(14)15-8)13(17)16(3)9(2)10-4-5-10/h6-7,9-10H,4-5H2,1-3H3. The quantitative estimate of drug-likeness (QED) is 0.775. The molecule has 0 N–H and O–H groups in total. The second kappa shape index (κ2) is 4.65. The first-order valence-corrected chi connectivity index (χ1v) is 6.28. The third kappa shape index (κ3) is 2.78. The van der Waals surface area contributed by atoms with Crippen LogP contribution in [0.1, 0.15) is 35.8 Å². The van der Waals surface area contributed by atoms with E-state index >= 15 is 0 Å². The van der Waals surface area contributed by atoms with Crippen LogP contribution in [-0.4, -0.2) is 28.9 Å². The van der Waals surface area contributed by atoms with Gasteiger partial charge in [-0.3, -0.25) is 4.79 Å². The lowest BCUT2D eigenvalue weighted by atomic mass is 10.1. The maximum atomic E-state index is 12.3. The van der Waals surface area contributed by atoms with E-state index in [4.69, 9.17) is 11.6 Å². The molecule has 1 amide bonds. The van der Waals surface area contributed by atoms with Gasteiger partial charge < -0.3 is 4.90 Å². The second-order valence-corrected chi connectivity index (χ2v) is 5.20. The van der Waals surface area contributed by atoms with Crippen LogP contribution >= 0.6 is 11.6 Å². The number of nitrogens with zero attached hydrogens (tertiary/aromatic N) is 2. The SMILES string of the molecule is Cc1cc(C(=O)N(C)C(C)C2CC2)cc(Cl)n1. The van der Waals surface area contributed by atoms with Crippen LogP contribution < -0.4 is 0 Å². The van der Waals surface area contributed by atoms with Crippen molar-refractivity contribution in [3.05, 3.63) is 28.5 Å². The highest BCUT2D eigenvalue weighted by molar-refractivity contribution is 6.29. The topological polar surface area (TPSA) is 33.2 Å². The molecule has 1 atom stereocenters. The van der Waals surface area contributed by atoms with E-state index in [1.165, 1.54) is 12.8 Å². The Morgan fingerprint density at radius 1 is 1.53 bits per heavy atom. The van der Waals surface area contributed by atoms with Crippen molar-refractivity contribution in [1.29, 1.82) is 0 Å². The molecular weight excluding hydrogens is 236 g/mol. The van der Waals surface area contributed by atoms with Crippen LogP contribution in [0.2, 0.25) is 5.15 Å². The van der Waals surface area contributed by atoms with Crippen molar-refractivity contribution >= 4 is 17.5 Å². The van der Waals surface area contributed by atoms with Crippen molar-refractivity contribution in [3.63, 3.8) is 0 Å². The molecule has 1 unspecified atom stereocenters. The Kier molecular flexibility index (Phi) is 3.38. The van der Waals surface area contributed by atoms with Crippen molar-refractivity contribution in [2.24, 2.45) is 5.92 Å². The van der Waals surface area contributed by atoms with E-state index in [9.17, 15) is 4.79 Å². The van der Waals surface area contributed by atoms with Gasteiger partial charge in [-0.25, -0.2) is 4.98 Å². The minimum Gasteiger partial charge on any atom is -0.339 e. The van der Waals surface area contributed by atoms with E-state index < -0.39 is 0 Å². The molecule has 4 heteroatoms. The zero-order valence-corrected chi connectivity index (χ0v) is 11.2. The summed E-state index contributed by atoms with van der Waals surface area (Å²) in [7, 11) is 1.86. The molecule has 0 bridgehead atoms. The Labute approximate surface area is 107 Å². The summed E-state index contributed by atoms with van der Waals surface area (Å²) in [5.41, 5.74) is 1.39. The largest absolute Gasteiger partial charge is 0.339 e. The van der Waals surface area contributed by atoms with Crippen LogP contribution in [0.25, 0.3) is 0 Å². The molecule has 0 radical (unpaired) electrons. The van der Waals surface area contributed by atoms with Gasteiger partial charge in [0.15, 0.2) is 0 Å². The summed E-state index contributed by atoms with van der Waals surface area (Å²) in [5, 5.41) is 0.376. The van der Waals surface area contributed by atoms with E-state index in [1.807, 2.05) is 18.9 Å². The molecule has 17 heavy (non-hydrogen) atoms. The van der Waals surface area contributed by atoms with Crippen molar-refractivity contribution in [2.75, 3.05) is 7.05 Å². The highest BCUT2D eigenvalue weighted by Crippen LogP contribution is 2.35. The van der Waals surface area contributed by atoms with Crippen molar-refractivity contribution < 1.29 is 4.79 Å². The van der Waals surface area contributed by atoms with E-state index in [0.717, 1.165) is 5.69 Å². The van der Waals surface area contributed by atoms with Gasteiger partial charge in [0.25, 0.3) is 5.91 Å². The monoisotopic (exact) mass is 252 g/mol. The summed E-state index contributed by atoms with van der Waals surface area (Å²) in [5.74, 6) is 0.694. The van der Waals surface area contributed by atoms with Crippen LogP contribution in [-0.2, 0) is 0 Å². The number of aromatic nitrogens is 1. The van der Waals surface area contributed by atoms with Crippen molar-refractivity contribution in [1.82, 2.24) is 9.88 Å². The van der Waals surface area contributed by atoms with E-state index in [1.54, 1.807) is 12.1 Å². The van der Waals surface area contributed by atoms with Gasteiger partial charge in [0, 0.05) is 24.3 Å². The number of carbonyl (C=O) groups excluding carboxylic acids is 1. The second-order valence-electron chi connectivity index (χ2n) is 4.81. The number of hydrogen-bond donors (Lipinski definition) is 0. The van der Waals surface area contributed by atoms with Gasteiger partial charge in [-0.05, 0) is 44.7 Å². The van der Waals surface area contributed by atoms with Crippen LogP contribution in [0.15, 0.2) is 12.1 Å². The average Bonchev–Trinajstić information content (AvgIpc) is 3.08. The molecule has 92 valence electrons. The number of rotatable bonds is 3. The fourth-order valence-corrected chi connectivity index (χ4v) is 2.29. The minimum absolute atomic E-state index is 0.0248. The molecule has 1 aromatic heterocycles. The summed E-state index contributed by atoms with van der Waals surface area (Å²) in [4.78, 5) is 18.1. The summed E-state index contributed by atoms with van der Waals surface area (Å²) >= 11 is 5.87. The number of amides is 1. The zero-order chi connectivity index (χ0) is 12.6. The van der Waals surface area contributed by atoms with Gasteiger partial charge in [0.05, 0.1) is 0 Å². The molecule has 1 saturated carbocycles. The molecule has 3 nitrogen and oxygen atoms in total. The molecule has 1 aliphatic carbocycles. The number of hydrogen-bond acceptors (Lipinski definition) is 2. The Morgan fingerprint density at radius 3 is 2.71 bits per heavy atom. The maximum absolute atomic E-state index is 12.3. The summed E-state index contributed by atoms with van der Waals surface area (Å²) in [6.07, 6.45) is 2.46. The number of carbonyl (C=O) groups is 1. The minimum atomic E-state index is 0.0248. The van der Waals surface area contributed by atoms with Gasteiger partial charge >= 0.3 is 0 Å². The first-order valence-electron chi connectivity index (χ1n) is 5.90. The predicted octanol–water partition coefficient (Wildman–Crippen LogP) is 2.91. The fraction of sp³-hybridized carbons (Fsp3) is 0.538. The molecule has 2 rings (SSSR count). The highest BCUT2D eigenvalue weighted by atomic mass is 35.5. The van der Waals surface area contributed by atoms with Crippen molar-refractivity contribution in [3.8, 4) is 0 Å². The molecule has 1 aliphatic rings. The average molecular weight is 253 g/mol. The molecular formula is C13H17ClN2O. The van der Waals surface area contributed by atoms with E-state index in [2.05, 4.69) is 11.9 Å². The molecule has 1 aromatic rings. The van der Waals surface area contributed by atoms with Crippen LogP contribution in [0.3, 0.4) is 0 Å². The molecule has 0 aliphatic heterocycles. The third-order valence-corrected chi connectivity index (χ3v) is 3.60. The van der Waals surface area contributed by atoms with Crippen LogP contribution in [0, 0.1) is 12.8 Å². The predicted molar refractivity (Wildman–Crippen MR) is 68.3 cm³/mol. The first-order chi connectivity index (χ1) is 7.99. The Bertz CT molecular complexity index is 423. The van der Waals surface area contributed by atoms with Gasteiger partial charge in [-0.15, -0.1) is 0 Å². The zero-order valence-electron chi connectivity index (χ0n) is 10.4. The van der Waals surface area contributed by atoms with Crippen LogP contribution in [0.5, 0.6) is 0 Å². The lowest BCUT2D eigenvalue weighted by Gasteiger charge is -2.25. The van der Waals surface area contributed by atoms with Gasteiger partial charge in [0.2, 0.25) is 0 Å². The Morgan fingerprint density at radius 2 is 2.18 bits per heavy atom. The maximum Gasteiger partial charge on any atom is 0.254 e. The Hall–Kier alpha value is -1.09. The fourth-order valence-electron chi connectivity index (χ4n) is 2.03. The highest BCUT2D eigenvalue weighted by Gasteiger charge is 2.32. The lowest BCUT2D eigenvalue weighted by molar-refractivity contribution is 0.0727. The van der Waals surface area contributed by atoms with E-state index in [-0.39, 0.29) is 5.91 Å². The summed E-state index contributed by atoms with van der Waals surface area (Å²) in [6.45, 7) is 3.94. The summed E-state index contributed by atoms with van der Waals surface area (Å²) < 4.78 is 0. The molecule has 1 fully saturated rings. The third-order valence-electron chi connectivity index (χ3n) is 3.40. The Balaban J connectivity index is 2.17. The van der Waals surface area contributed by atoms with Gasteiger partial charge in [0.1, 0.15) is 5.15 Å². The van der Waals surface area contributed by atoms with Crippen LogP contribution in [0.4, 0.5) is 0 Å². The number of pyridine rings is 1. The number of halogens is 1. The molecule has 0 aromatic carbocycles. The lowest BCUT2D eigenvalue weighted by Crippen LogP contribution is -2.36. The number of aryl methyl sites for hydroxylation is 1. The van der Waals surface area contributed by atoms with Gasteiger partial charge in [-0.1, -0.05) is 11.6 Å². The smallest absolute Gasteiger partial charge is 0.254 e. The normalized spacial score (nSPS) is 16.7. The molecule has 0 spiro atoms. The van der Waals surface area contributed by atoms with Crippen molar-refractivity contribution in [2.45, 2.75) is 32.7 Å².